The number of hydrogen-bond donors (Lipinski definition) is 1. The lowest BCUT2D eigenvalue weighted by Gasteiger charge is -2.18. The number of phenols is 1. The van der Waals surface area contributed by atoms with Crippen LogP contribution in [0.5, 0.6) is 5.75 Å². The highest BCUT2D eigenvalue weighted by Crippen LogP contribution is 2.33. The summed E-state index contributed by atoms with van der Waals surface area (Å²) in [6.45, 7) is 9.08. The van der Waals surface area contributed by atoms with Crippen LogP contribution in [0.1, 0.15) is 101 Å². The number of benzene rings is 1. The van der Waals surface area contributed by atoms with Crippen LogP contribution < -0.4 is 0 Å². The Hall–Kier alpha value is -1.77. The van der Waals surface area contributed by atoms with Crippen molar-refractivity contribution in [3.63, 3.8) is 0 Å². The van der Waals surface area contributed by atoms with Gasteiger partial charge in [-0.05, 0) is 79.3 Å². The summed E-state index contributed by atoms with van der Waals surface area (Å²) >= 11 is 0. The standard InChI is InChI=1S/C25H40O3/c1-5-9-13-21-19-20(16-17-24(26)28-18-12-8-4)22(14-10-6-2)23(25(21)27)15-11-7-3/h16-17,19,27H,5-15,18H2,1-4H3. The zero-order valence-electron chi connectivity index (χ0n) is 18.5. The quantitative estimate of drug-likeness (QED) is 0.217. The number of aromatic hydroxyl groups is 1. The highest BCUT2D eigenvalue weighted by molar-refractivity contribution is 5.87. The van der Waals surface area contributed by atoms with Gasteiger partial charge in [0.25, 0.3) is 0 Å². The van der Waals surface area contributed by atoms with E-state index in [1.54, 1.807) is 6.08 Å². The van der Waals surface area contributed by atoms with E-state index < -0.39 is 0 Å². The SMILES string of the molecule is CCCCOC(=O)C=Cc1cc(CCCC)c(O)c(CCCC)c1CCCC. The molecular weight excluding hydrogens is 348 g/mol. The maximum atomic E-state index is 12.0. The van der Waals surface area contributed by atoms with E-state index in [0.29, 0.717) is 12.4 Å². The Balaban J connectivity index is 3.25. The maximum absolute atomic E-state index is 12.0. The van der Waals surface area contributed by atoms with Crippen molar-refractivity contribution >= 4 is 12.0 Å². The van der Waals surface area contributed by atoms with Crippen molar-refractivity contribution in [3.05, 3.63) is 34.4 Å². The molecule has 0 unspecified atom stereocenters. The van der Waals surface area contributed by atoms with Crippen LogP contribution >= 0.6 is 0 Å². The number of ether oxygens (including phenoxy) is 1. The number of carbonyl (C=O) groups excluding carboxylic acids is 1. The van der Waals surface area contributed by atoms with E-state index in [1.165, 1.54) is 5.56 Å². The fraction of sp³-hybridized carbons (Fsp3) is 0.640. The maximum Gasteiger partial charge on any atom is 0.330 e. The average molecular weight is 389 g/mol. The van der Waals surface area contributed by atoms with E-state index >= 15 is 0 Å². The Morgan fingerprint density at radius 2 is 1.46 bits per heavy atom. The van der Waals surface area contributed by atoms with Crippen LogP contribution in [0, 0.1) is 0 Å². The zero-order valence-corrected chi connectivity index (χ0v) is 18.5. The molecule has 0 saturated carbocycles. The number of unbranched alkanes of at least 4 members (excludes halogenated alkanes) is 4. The largest absolute Gasteiger partial charge is 0.507 e. The molecule has 0 atom stereocenters. The summed E-state index contributed by atoms with van der Waals surface area (Å²) in [5, 5.41) is 11.0. The van der Waals surface area contributed by atoms with Gasteiger partial charge in [0, 0.05) is 6.08 Å². The van der Waals surface area contributed by atoms with E-state index in [0.717, 1.165) is 87.3 Å². The predicted octanol–water partition coefficient (Wildman–Crippen LogP) is 6.78. The molecule has 158 valence electrons. The molecule has 0 aliphatic rings. The molecule has 0 bridgehead atoms. The van der Waals surface area contributed by atoms with Crippen LogP contribution in [0.25, 0.3) is 6.08 Å². The summed E-state index contributed by atoms with van der Waals surface area (Å²) in [6.07, 6.45) is 14.5. The van der Waals surface area contributed by atoms with E-state index in [9.17, 15) is 9.90 Å². The third-order valence-corrected chi connectivity index (χ3v) is 5.13. The normalized spacial score (nSPS) is 11.3. The van der Waals surface area contributed by atoms with Gasteiger partial charge in [-0.2, -0.15) is 0 Å². The average Bonchev–Trinajstić information content (AvgIpc) is 2.69. The highest BCUT2D eigenvalue weighted by Gasteiger charge is 2.16. The fourth-order valence-corrected chi connectivity index (χ4v) is 3.36. The van der Waals surface area contributed by atoms with E-state index in [2.05, 4.69) is 33.8 Å². The summed E-state index contributed by atoms with van der Waals surface area (Å²) in [7, 11) is 0. The number of aryl methyl sites for hydroxylation is 1. The van der Waals surface area contributed by atoms with Crippen molar-refractivity contribution in [3.8, 4) is 5.75 Å². The van der Waals surface area contributed by atoms with E-state index in [1.807, 2.05) is 6.08 Å². The minimum Gasteiger partial charge on any atom is -0.507 e. The lowest BCUT2D eigenvalue weighted by Crippen LogP contribution is -2.04. The van der Waals surface area contributed by atoms with Gasteiger partial charge in [0.1, 0.15) is 5.75 Å². The molecule has 0 heterocycles. The van der Waals surface area contributed by atoms with Crippen LogP contribution in [0.2, 0.25) is 0 Å². The summed E-state index contributed by atoms with van der Waals surface area (Å²) in [5.41, 5.74) is 4.36. The van der Waals surface area contributed by atoms with Crippen molar-refractivity contribution in [2.75, 3.05) is 6.61 Å². The van der Waals surface area contributed by atoms with Gasteiger partial charge in [0.15, 0.2) is 0 Å². The Labute approximate surface area is 172 Å². The Morgan fingerprint density at radius 1 is 0.893 bits per heavy atom. The monoisotopic (exact) mass is 388 g/mol. The van der Waals surface area contributed by atoms with Gasteiger partial charge in [-0.1, -0.05) is 53.4 Å². The van der Waals surface area contributed by atoms with Gasteiger partial charge in [-0.25, -0.2) is 4.79 Å². The minimum absolute atomic E-state index is 0.284. The summed E-state index contributed by atoms with van der Waals surface area (Å²) in [4.78, 5) is 12.0. The van der Waals surface area contributed by atoms with E-state index in [-0.39, 0.29) is 5.97 Å². The topological polar surface area (TPSA) is 46.5 Å². The summed E-state index contributed by atoms with van der Waals surface area (Å²) < 4.78 is 5.26. The molecule has 3 nitrogen and oxygen atoms in total. The Bertz CT molecular complexity index is 617. The molecule has 0 aliphatic carbocycles. The molecule has 0 radical (unpaired) electrons. The molecule has 1 rings (SSSR count). The van der Waals surface area contributed by atoms with Gasteiger partial charge in [0.05, 0.1) is 6.61 Å². The third-order valence-electron chi connectivity index (χ3n) is 5.13. The van der Waals surface area contributed by atoms with Crippen molar-refractivity contribution < 1.29 is 14.6 Å². The van der Waals surface area contributed by atoms with Crippen LogP contribution in [-0.4, -0.2) is 17.7 Å². The fourth-order valence-electron chi connectivity index (χ4n) is 3.36. The van der Waals surface area contributed by atoms with Gasteiger partial charge in [-0.3, -0.25) is 0 Å². The number of esters is 1. The molecule has 0 aliphatic heterocycles. The van der Waals surface area contributed by atoms with Crippen molar-refractivity contribution in [1.29, 1.82) is 0 Å². The minimum atomic E-state index is -0.284. The number of rotatable bonds is 14. The smallest absolute Gasteiger partial charge is 0.330 e. The van der Waals surface area contributed by atoms with E-state index in [4.69, 9.17) is 4.74 Å². The van der Waals surface area contributed by atoms with Crippen LogP contribution in [0.15, 0.2) is 12.1 Å². The van der Waals surface area contributed by atoms with Crippen molar-refractivity contribution in [1.82, 2.24) is 0 Å². The third kappa shape index (κ3) is 8.08. The van der Waals surface area contributed by atoms with Crippen LogP contribution in [0.4, 0.5) is 0 Å². The highest BCUT2D eigenvalue weighted by atomic mass is 16.5. The second-order valence-electron chi connectivity index (χ2n) is 7.60. The zero-order chi connectivity index (χ0) is 20.8. The van der Waals surface area contributed by atoms with Crippen molar-refractivity contribution in [2.45, 2.75) is 98.3 Å². The molecule has 1 N–H and O–H groups in total. The molecule has 3 heteroatoms. The molecule has 0 fully saturated rings. The van der Waals surface area contributed by atoms with Gasteiger partial charge in [0.2, 0.25) is 0 Å². The van der Waals surface area contributed by atoms with Gasteiger partial charge >= 0.3 is 5.97 Å². The summed E-state index contributed by atoms with van der Waals surface area (Å²) in [5.74, 6) is 0.198. The molecule has 0 amide bonds. The molecule has 1 aromatic rings. The Kier molecular flexibility index (Phi) is 12.4. The molecule has 0 spiro atoms. The second-order valence-corrected chi connectivity index (χ2v) is 7.60. The van der Waals surface area contributed by atoms with Crippen LogP contribution in [-0.2, 0) is 28.8 Å². The first kappa shape index (κ1) is 24.3. The molecule has 0 saturated heterocycles. The van der Waals surface area contributed by atoms with Crippen LogP contribution in [0.3, 0.4) is 0 Å². The number of carbonyl (C=O) groups is 1. The first-order valence-electron chi connectivity index (χ1n) is 11.3. The predicted molar refractivity (Wildman–Crippen MR) is 119 cm³/mol. The first-order valence-corrected chi connectivity index (χ1v) is 11.3. The summed E-state index contributed by atoms with van der Waals surface area (Å²) in [6, 6.07) is 2.08. The molecular formula is C25H40O3. The second kappa shape index (κ2) is 14.3. The number of hydrogen-bond acceptors (Lipinski definition) is 3. The molecule has 28 heavy (non-hydrogen) atoms. The Morgan fingerprint density at radius 3 is 2.07 bits per heavy atom. The first-order chi connectivity index (χ1) is 13.6. The molecule has 0 aromatic heterocycles. The number of phenolic OH excluding ortho intramolecular Hbond substituents is 1. The molecule has 1 aromatic carbocycles. The lowest BCUT2D eigenvalue weighted by molar-refractivity contribution is -0.137. The van der Waals surface area contributed by atoms with Gasteiger partial charge < -0.3 is 9.84 Å². The lowest BCUT2D eigenvalue weighted by atomic mass is 9.88. The van der Waals surface area contributed by atoms with Gasteiger partial charge in [-0.15, -0.1) is 0 Å². The van der Waals surface area contributed by atoms with Crippen molar-refractivity contribution in [2.24, 2.45) is 0 Å².